The van der Waals surface area contributed by atoms with E-state index in [9.17, 15) is 14.7 Å². The topological polar surface area (TPSA) is 79.5 Å². The van der Waals surface area contributed by atoms with Gasteiger partial charge in [-0.2, -0.15) is 11.8 Å². The first-order valence-corrected chi connectivity index (χ1v) is 6.63. The van der Waals surface area contributed by atoms with Crippen LogP contribution in [0.2, 0.25) is 0 Å². The van der Waals surface area contributed by atoms with Gasteiger partial charge in [0.1, 0.15) is 11.3 Å². The first-order valence-electron chi connectivity index (χ1n) is 5.47. The van der Waals surface area contributed by atoms with E-state index in [2.05, 4.69) is 5.32 Å². The summed E-state index contributed by atoms with van der Waals surface area (Å²) >= 11 is 1.53. The fourth-order valence-electron chi connectivity index (χ4n) is 1.71. The van der Waals surface area contributed by atoms with Crippen LogP contribution in [0.4, 0.5) is 0 Å². The Morgan fingerprint density at radius 3 is 2.94 bits per heavy atom. The molecule has 2 rings (SSSR count). The Bertz CT molecular complexity index is 460. The van der Waals surface area contributed by atoms with Crippen molar-refractivity contribution in [3.05, 3.63) is 30.2 Å². The van der Waals surface area contributed by atoms with Gasteiger partial charge < -0.3 is 14.8 Å². The van der Waals surface area contributed by atoms with Gasteiger partial charge >= 0.3 is 5.97 Å². The van der Waals surface area contributed by atoms with E-state index in [1.54, 1.807) is 12.1 Å². The predicted octanol–water partition coefficient (Wildman–Crippen LogP) is 1.37. The molecule has 1 aliphatic rings. The summed E-state index contributed by atoms with van der Waals surface area (Å²) in [6, 6.07) is 3.42. The second kappa shape index (κ2) is 5.30. The maximum absolute atomic E-state index is 11.7. The minimum Gasteiger partial charge on any atom is -0.479 e. The number of carbonyl (C=O) groups excluding carboxylic acids is 1. The van der Waals surface area contributed by atoms with Crippen LogP contribution in [0.3, 0.4) is 0 Å². The van der Waals surface area contributed by atoms with Gasteiger partial charge in [-0.15, -0.1) is 0 Å². The Balaban J connectivity index is 2.00. The molecular formula is C12H13NO4S. The Morgan fingerprint density at radius 1 is 1.56 bits per heavy atom. The smallest absolute Gasteiger partial charge is 0.330 e. The average molecular weight is 267 g/mol. The van der Waals surface area contributed by atoms with Crippen LogP contribution in [0.5, 0.6) is 0 Å². The van der Waals surface area contributed by atoms with E-state index in [0.717, 1.165) is 5.75 Å². The number of carboxylic acid groups (broad SMARTS) is 1. The zero-order valence-corrected chi connectivity index (χ0v) is 10.4. The lowest BCUT2D eigenvalue weighted by Crippen LogP contribution is -2.54. The molecule has 0 bridgehead atoms. The van der Waals surface area contributed by atoms with Crippen LogP contribution in [0, 0.1) is 0 Å². The third kappa shape index (κ3) is 2.76. The maximum atomic E-state index is 11.7. The summed E-state index contributed by atoms with van der Waals surface area (Å²) in [5, 5.41) is 11.8. The molecule has 0 spiro atoms. The van der Waals surface area contributed by atoms with E-state index < -0.39 is 17.4 Å². The lowest BCUT2D eigenvalue weighted by atomic mass is 9.99. The average Bonchev–Trinajstić information content (AvgIpc) is 2.97. The molecule has 96 valence electrons. The van der Waals surface area contributed by atoms with Gasteiger partial charge in [0.25, 0.3) is 0 Å². The van der Waals surface area contributed by atoms with Crippen molar-refractivity contribution in [2.24, 2.45) is 0 Å². The van der Waals surface area contributed by atoms with Gasteiger partial charge in [0.05, 0.1) is 6.26 Å². The lowest BCUT2D eigenvalue weighted by molar-refractivity contribution is -0.145. The quantitative estimate of drug-likeness (QED) is 0.805. The van der Waals surface area contributed by atoms with E-state index in [1.165, 1.54) is 30.2 Å². The summed E-state index contributed by atoms with van der Waals surface area (Å²) in [7, 11) is 0. The number of carboxylic acids is 1. The molecule has 0 aromatic carbocycles. The van der Waals surface area contributed by atoms with Crippen LogP contribution in [-0.4, -0.2) is 34.0 Å². The number of hydrogen-bond acceptors (Lipinski definition) is 4. The maximum Gasteiger partial charge on any atom is 0.330 e. The number of thioether (sulfide) groups is 1. The SMILES string of the molecule is O=C(C=Cc1ccco1)NC1(C(=O)O)CCSC1. The van der Waals surface area contributed by atoms with Crippen molar-refractivity contribution in [2.75, 3.05) is 11.5 Å². The van der Waals surface area contributed by atoms with Gasteiger partial charge in [0.2, 0.25) is 5.91 Å². The molecule has 18 heavy (non-hydrogen) atoms. The largest absolute Gasteiger partial charge is 0.479 e. The van der Waals surface area contributed by atoms with E-state index in [4.69, 9.17) is 4.42 Å². The lowest BCUT2D eigenvalue weighted by Gasteiger charge is -2.23. The second-order valence-electron chi connectivity index (χ2n) is 4.03. The number of hydrogen-bond donors (Lipinski definition) is 2. The summed E-state index contributed by atoms with van der Waals surface area (Å²) in [5.74, 6) is 0.302. The fourth-order valence-corrected chi connectivity index (χ4v) is 3.03. The van der Waals surface area contributed by atoms with Crippen LogP contribution in [0.15, 0.2) is 28.9 Å². The van der Waals surface area contributed by atoms with Crippen molar-refractivity contribution < 1.29 is 19.1 Å². The van der Waals surface area contributed by atoms with Crippen molar-refractivity contribution in [1.82, 2.24) is 5.32 Å². The van der Waals surface area contributed by atoms with Crippen LogP contribution < -0.4 is 5.32 Å². The summed E-state index contributed by atoms with van der Waals surface area (Å²) < 4.78 is 5.04. The van der Waals surface area contributed by atoms with Crippen molar-refractivity contribution in [3.8, 4) is 0 Å². The molecule has 2 heterocycles. The van der Waals surface area contributed by atoms with Gasteiger partial charge in [0, 0.05) is 11.8 Å². The highest BCUT2D eigenvalue weighted by Crippen LogP contribution is 2.28. The molecule has 1 aromatic heterocycles. The third-order valence-corrected chi connectivity index (χ3v) is 3.93. The molecule has 1 aromatic rings. The van der Waals surface area contributed by atoms with Crippen molar-refractivity contribution in [3.63, 3.8) is 0 Å². The minimum atomic E-state index is -1.13. The number of nitrogens with one attached hydrogen (secondary N) is 1. The van der Waals surface area contributed by atoms with Gasteiger partial charge in [-0.1, -0.05) is 0 Å². The van der Waals surface area contributed by atoms with Crippen LogP contribution in [0.1, 0.15) is 12.2 Å². The normalized spacial score (nSPS) is 23.3. The molecule has 0 radical (unpaired) electrons. The van der Waals surface area contributed by atoms with Crippen LogP contribution >= 0.6 is 11.8 Å². The third-order valence-electron chi connectivity index (χ3n) is 2.74. The summed E-state index contributed by atoms with van der Waals surface area (Å²) in [4.78, 5) is 22.9. The molecule has 0 aliphatic carbocycles. The van der Waals surface area contributed by atoms with E-state index >= 15 is 0 Å². The highest BCUT2D eigenvalue weighted by molar-refractivity contribution is 7.99. The number of furan rings is 1. The molecule has 1 atom stereocenters. The number of aliphatic carboxylic acids is 1. The summed E-state index contributed by atoms with van der Waals surface area (Å²) in [5.41, 5.74) is -1.13. The Hall–Kier alpha value is -1.69. The molecule has 5 nitrogen and oxygen atoms in total. The second-order valence-corrected chi connectivity index (χ2v) is 5.13. The molecule has 2 N–H and O–H groups in total. The first kappa shape index (κ1) is 12.8. The van der Waals surface area contributed by atoms with Gasteiger partial charge in [-0.25, -0.2) is 4.79 Å². The Kier molecular flexibility index (Phi) is 3.76. The minimum absolute atomic E-state index is 0.405. The van der Waals surface area contributed by atoms with E-state index in [0.29, 0.717) is 17.9 Å². The fraction of sp³-hybridized carbons (Fsp3) is 0.333. The number of carbonyl (C=O) groups is 2. The van der Waals surface area contributed by atoms with Gasteiger partial charge in [-0.3, -0.25) is 4.79 Å². The zero-order chi connectivity index (χ0) is 13.0. The summed E-state index contributed by atoms with van der Waals surface area (Å²) in [6.07, 6.45) is 4.75. The van der Waals surface area contributed by atoms with Gasteiger partial charge in [-0.05, 0) is 30.4 Å². The molecule has 6 heteroatoms. The Morgan fingerprint density at radius 2 is 2.39 bits per heavy atom. The van der Waals surface area contributed by atoms with Gasteiger partial charge in [0.15, 0.2) is 0 Å². The van der Waals surface area contributed by atoms with Crippen LogP contribution in [0.25, 0.3) is 6.08 Å². The van der Waals surface area contributed by atoms with Crippen molar-refractivity contribution in [1.29, 1.82) is 0 Å². The monoisotopic (exact) mass is 267 g/mol. The number of rotatable bonds is 4. The standard InChI is InChI=1S/C12H13NO4S/c14-10(4-3-9-2-1-6-17-9)13-12(11(15)16)5-7-18-8-12/h1-4,6H,5,7-8H2,(H,13,14)(H,15,16). The molecule has 1 aliphatic heterocycles. The molecule has 0 saturated carbocycles. The molecule has 1 saturated heterocycles. The van der Waals surface area contributed by atoms with Crippen LogP contribution in [-0.2, 0) is 9.59 Å². The van der Waals surface area contributed by atoms with Crippen molar-refractivity contribution >= 4 is 29.7 Å². The predicted molar refractivity (Wildman–Crippen MR) is 68.2 cm³/mol. The highest BCUT2D eigenvalue weighted by atomic mass is 32.2. The van der Waals surface area contributed by atoms with E-state index in [1.807, 2.05) is 0 Å². The molecule has 1 amide bonds. The van der Waals surface area contributed by atoms with E-state index in [-0.39, 0.29) is 0 Å². The molecule has 1 unspecified atom stereocenters. The molecule has 1 fully saturated rings. The number of amides is 1. The molecular weight excluding hydrogens is 254 g/mol. The first-order chi connectivity index (χ1) is 8.62. The summed E-state index contributed by atoms with van der Waals surface area (Å²) in [6.45, 7) is 0. The van der Waals surface area contributed by atoms with Crippen molar-refractivity contribution in [2.45, 2.75) is 12.0 Å². The Labute approximate surface area is 108 Å². The highest BCUT2D eigenvalue weighted by Gasteiger charge is 2.42. The zero-order valence-electron chi connectivity index (χ0n) is 9.59.